The number of hydrogen-bond donors (Lipinski definition) is 3. The van der Waals surface area contributed by atoms with Crippen LogP contribution in [0.15, 0.2) is 18.2 Å². The first-order chi connectivity index (χ1) is 11.0. The van der Waals surface area contributed by atoms with Gasteiger partial charge in [0.05, 0.1) is 11.1 Å². The fraction of sp³-hybridized carbons (Fsp3) is 0.533. The zero-order valence-electron chi connectivity index (χ0n) is 12.5. The van der Waals surface area contributed by atoms with Gasteiger partial charge in [0.1, 0.15) is 29.6 Å². The first-order valence-corrected chi connectivity index (χ1v) is 8.15. The predicted octanol–water partition coefficient (Wildman–Crippen LogP) is 1.36. The molecule has 0 saturated carbocycles. The lowest BCUT2D eigenvalue weighted by molar-refractivity contribution is -0.132. The smallest absolute Gasteiger partial charge is 0.249 e. The van der Waals surface area contributed by atoms with E-state index in [1.807, 2.05) is 0 Å². The Bertz CT molecular complexity index is 544. The van der Waals surface area contributed by atoms with Gasteiger partial charge in [-0.3, -0.25) is 4.79 Å². The quantitative estimate of drug-likeness (QED) is 0.680. The molecule has 0 spiro atoms. The average Bonchev–Trinajstić information content (AvgIpc) is 3.03. The van der Waals surface area contributed by atoms with Crippen LogP contribution < -0.4 is 15.8 Å². The predicted molar refractivity (Wildman–Crippen MR) is 87.9 cm³/mol. The van der Waals surface area contributed by atoms with Gasteiger partial charge in [-0.25, -0.2) is 0 Å². The summed E-state index contributed by atoms with van der Waals surface area (Å²) in [6, 6.07) is 4.99. The van der Waals surface area contributed by atoms with Crippen molar-refractivity contribution < 1.29 is 19.4 Å². The summed E-state index contributed by atoms with van der Waals surface area (Å²) in [5.41, 5.74) is 5.50. The van der Waals surface area contributed by atoms with Crippen LogP contribution in [-0.2, 0) is 9.53 Å². The Balaban J connectivity index is 1.72. The first-order valence-electron chi connectivity index (χ1n) is 7.39. The number of nitrogens with two attached hydrogens (primary N) is 1. The van der Waals surface area contributed by atoms with Gasteiger partial charge in [-0.1, -0.05) is 29.3 Å². The van der Waals surface area contributed by atoms with E-state index < -0.39 is 12.2 Å². The monoisotopic (exact) mass is 362 g/mol. The number of carbonyl (C=O) groups is 1. The number of nitrogens with one attached hydrogen (secondary N) is 1. The Hall–Kier alpha value is -1.05. The molecule has 1 amide bonds. The number of halogens is 2. The molecule has 1 saturated heterocycles. The summed E-state index contributed by atoms with van der Waals surface area (Å²) in [5, 5.41) is 13.2. The molecule has 1 heterocycles. The van der Waals surface area contributed by atoms with Crippen molar-refractivity contribution in [3.8, 4) is 5.75 Å². The molecule has 8 heteroatoms. The van der Waals surface area contributed by atoms with E-state index in [2.05, 4.69) is 5.32 Å². The van der Waals surface area contributed by atoms with Crippen molar-refractivity contribution in [1.82, 2.24) is 5.32 Å². The molecule has 23 heavy (non-hydrogen) atoms. The van der Waals surface area contributed by atoms with Gasteiger partial charge in [0.2, 0.25) is 5.91 Å². The molecule has 0 aromatic heterocycles. The Kier molecular flexibility index (Phi) is 6.92. The lowest BCUT2D eigenvalue weighted by atomic mass is 10.2. The third kappa shape index (κ3) is 5.22. The largest absolute Gasteiger partial charge is 0.489 e. The Morgan fingerprint density at radius 3 is 2.96 bits per heavy atom. The fourth-order valence-corrected chi connectivity index (χ4v) is 2.59. The highest BCUT2D eigenvalue weighted by Crippen LogP contribution is 2.31. The number of benzene rings is 1. The zero-order valence-corrected chi connectivity index (χ0v) is 14.0. The van der Waals surface area contributed by atoms with E-state index >= 15 is 0 Å². The zero-order chi connectivity index (χ0) is 16.8. The first kappa shape index (κ1) is 18.3. The Morgan fingerprint density at radius 1 is 1.48 bits per heavy atom. The molecular formula is C15H20Cl2N2O4. The molecule has 6 nitrogen and oxygen atoms in total. The third-order valence-corrected chi connectivity index (χ3v) is 4.32. The average molecular weight is 363 g/mol. The summed E-state index contributed by atoms with van der Waals surface area (Å²) in [4.78, 5) is 11.9. The minimum Gasteiger partial charge on any atom is -0.489 e. The second-order valence-electron chi connectivity index (χ2n) is 5.32. The summed E-state index contributed by atoms with van der Waals surface area (Å²) in [5.74, 6) is 0.134. The lowest BCUT2D eigenvalue weighted by Gasteiger charge is -2.16. The molecule has 1 fully saturated rings. The highest BCUT2D eigenvalue weighted by atomic mass is 35.5. The molecular weight excluding hydrogens is 343 g/mol. The maximum atomic E-state index is 11.9. The summed E-state index contributed by atoms with van der Waals surface area (Å²) in [6.45, 7) is 0.447. The molecule has 0 bridgehead atoms. The molecule has 1 unspecified atom stereocenters. The van der Waals surface area contributed by atoms with Gasteiger partial charge < -0.3 is 25.6 Å². The number of rotatable bonds is 7. The standard InChI is InChI=1S/C15H20Cl2N2O4/c16-11-2-1-3-12(14(11)17)22-8-9(20)7-19-15(21)13-5-4-10(6-18)23-13/h1-3,9-10,13,20H,4-8,18H2,(H,19,21)/t9?,10-,13+/m1/s1. The van der Waals surface area contributed by atoms with Crippen LogP contribution in [0, 0.1) is 0 Å². The van der Waals surface area contributed by atoms with E-state index in [1.54, 1.807) is 18.2 Å². The van der Waals surface area contributed by atoms with E-state index in [9.17, 15) is 9.90 Å². The lowest BCUT2D eigenvalue weighted by Crippen LogP contribution is -2.41. The Labute approximate surface area is 144 Å². The van der Waals surface area contributed by atoms with Crippen LogP contribution >= 0.6 is 23.2 Å². The number of ether oxygens (including phenoxy) is 2. The molecule has 2 rings (SSSR count). The second-order valence-corrected chi connectivity index (χ2v) is 6.11. The van der Waals surface area contributed by atoms with E-state index in [0.29, 0.717) is 23.7 Å². The topological polar surface area (TPSA) is 93.8 Å². The number of aliphatic hydroxyl groups excluding tert-OH is 1. The summed E-state index contributed by atoms with van der Waals surface area (Å²) in [6.07, 6.45) is -0.0323. The van der Waals surface area contributed by atoms with Crippen molar-refractivity contribution in [2.75, 3.05) is 19.7 Å². The van der Waals surface area contributed by atoms with E-state index in [-0.39, 0.29) is 30.2 Å². The van der Waals surface area contributed by atoms with Gasteiger partial charge in [-0.05, 0) is 25.0 Å². The van der Waals surface area contributed by atoms with E-state index in [4.69, 9.17) is 38.4 Å². The summed E-state index contributed by atoms with van der Waals surface area (Å²) < 4.78 is 10.9. The third-order valence-electron chi connectivity index (χ3n) is 3.52. The number of carbonyl (C=O) groups excluding carboxylic acids is 1. The molecule has 4 N–H and O–H groups in total. The van der Waals surface area contributed by atoms with Crippen LogP contribution in [-0.4, -0.2) is 49.0 Å². The van der Waals surface area contributed by atoms with Crippen LogP contribution in [0.5, 0.6) is 5.75 Å². The maximum absolute atomic E-state index is 11.9. The van der Waals surface area contributed by atoms with Crippen LogP contribution in [0.25, 0.3) is 0 Å². The van der Waals surface area contributed by atoms with Gasteiger partial charge in [-0.2, -0.15) is 0 Å². The van der Waals surface area contributed by atoms with Gasteiger partial charge in [-0.15, -0.1) is 0 Å². The fourth-order valence-electron chi connectivity index (χ4n) is 2.24. The van der Waals surface area contributed by atoms with Crippen molar-refractivity contribution in [2.24, 2.45) is 5.73 Å². The molecule has 1 aliphatic rings. The van der Waals surface area contributed by atoms with Crippen molar-refractivity contribution in [3.05, 3.63) is 28.2 Å². The number of aliphatic hydroxyl groups is 1. The highest BCUT2D eigenvalue weighted by molar-refractivity contribution is 6.42. The van der Waals surface area contributed by atoms with Crippen LogP contribution in [0.1, 0.15) is 12.8 Å². The Morgan fingerprint density at radius 2 is 2.26 bits per heavy atom. The van der Waals surface area contributed by atoms with Crippen LogP contribution in [0.3, 0.4) is 0 Å². The van der Waals surface area contributed by atoms with Crippen molar-refractivity contribution in [1.29, 1.82) is 0 Å². The molecule has 1 aromatic carbocycles. The molecule has 128 valence electrons. The molecule has 0 radical (unpaired) electrons. The molecule has 0 aliphatic carbocycles. The molecule has 3 atom stereocenters. The van der Waals surface area contributed by atoms with Gasteiger partial charge in [0.15, 0.2) is 0 Å². The molecule has 1 aromatic rings. The van der Waals surface area contributed by atoms with E-state index in [1.165, 1.54) is 0 Å². The van der Waals surface area contributed by atoms with Crippen LogP contribution in [0.4, 0.5) is 0 Å². The van der Waals surface area contributed by atoms with Gasteiger partial charge in [0, 0.05) is 13.1 Å². The number of hydrogen-bond acceptors (Lipinski definition) is 5. The SMILES string of the molecule is NC[C@H]1CC[C@@H](C(=O)NCC(O)COc2cccc(Cl)c2Cl)O1. The minimum absolute atomic E-state index is 0.0166. The van der Waals surface area contributed by atoms with Crippen molar-refractivity contribution in [3.63, 3.8) is 0 Å². The molecule has 1 aliphatic heterocycles. The number of amides is 1. The van der Waals surface area contributed by atoms with Crippen molar-refractivity contribution in [2.45, 2.75) is 31.2 Å². The van der Waals surface area contributed by atoms with E-state index in [0.717, 1.165) is 6.42 Å². The van der Waals surface area contributed by atoms with Gasteiger partial charge in [0.25, 0.3) is 0 Å². The van der Waals surface area contributed by atoms with Crippen molar-refractivity contribution >= 4 is 29.1 Å². The maximum Gasteiger partial charge on any atom is 0.249 e. The second kappa shape index (κ2) is 8.70. The van der Waals surface area contributed by atoms with Crippen LogP contribution in [0.2, 0.25) is 10.0 Å². The summed E-state index contributed by atoms with van der Waals surface area (Å²) in [7, 11) is 0. The minimum atomic E-state index is -0.874. The normalized spacial score (nSPS) is 21.9. The van der Waals surface area contributed by atoms with Gasteiger partial charge >= 0.3 is 0 Å². The highest BCUT2D eigenvalue weighted by Gasteiger charge is 2.29. The summed E-state index contributed by atoms with van der Waals surface area (Å²) >= 11 is 11.9.